The van der Waals surface area contributed by atoms with Crippen molar-refractivity contribution in [3.63, 3.8) is 0 Å². The number of nitrogens with two attached hydrogens (primary N) is 1. The number of rotatable bonds is 4. The lowest BCUT2D eigenvalue weighted by Crippen LogP contribution is -2.49. The number of hydrogen-bond donors (Lipinski definition) is 2. The molecule has 0 aromatic heterocycles. The Morgan fingerprint density at radius 1 is 1.35 bits per heavy atom. The summed E-state index contributed by atoms with van der Waals surface area (Å²) in [4.78, 5) is 0. The van der Waals surface area contributed by atoms with E-state index in [1.165, 1.54) is 4.31 Å². The highest BCUT2D eigenvalue weighted by molar-refractivity contribution is 9.11. The Morgan fingerprint density at radius 2 is 2.10 bits per heavy atom. The fraction of sp³-hybridized carbons (Fsp3) is 0.500. The van der Waals surface area contributed by atoms with Crippen molar-refractivity contribution in [3.05, 3.63) is 27.1 Å². The number of halogens is 2. The minimum Gasteiger partial charge on any atom is -0.329 e. The van der Waals surface area contributed by atoms with Crippen LogP contribution in [0.4, 0.5) is 5.69 Å². The number of piperidine rings is 1. The van der Waals surface area contributed by atoms with Gasteiger partial charge in [-0.25, -0.2) is 0 Å². The molecule has 1 aliphatic rings. The molecular weight excluding hydrogens is 410 g/mol. The van der Waals surface area contributed by atoms with Crippen LogP contribution in [0.2, 0.25) is 0 Å². The molecule has 20 heavy (non-hydrogen) atoms. The van der Waals surface area contributed by atoms with E-state index in [0.717, 1.165) is 23.7 Å². The highest BCUT2D eigenvalue weighted by Crippen LogP contribution is 2.29. The van der Waals surface area contributed by atoms with Crippen molar-refractivity contribution in [1.29, 1.82) is 0 Å². The summed E-state index contributed by atoms with van der Waals surface area (Å²) in [7, 11) is -3.58. The number of nitrogens with one attached hydrogen (secondary N) is 1. The van der Waals surface area contributed by atoms with Gasteiger partial charge in [0.1, 0.15) is 0 Å². The topological polar surface area (TPSA) is 75.4 Å². The molecule has 1 saturated heterocycles. The van der Waals surface area contributed by atoms with Crippen LogP contribution in [0.5, 0.6) is 0 Å². The molecule has 0 saturated carbocycles. The second kappa shape index (κ2) is 6.74. The number of benzene rings is 1. The molecule has 0 bridgehead atoms. The standard InChI is InChI=1S/C12H17Br2N3O2S/c13-9-4-5-11(14)12(7-9)16-20(18,19)17-6-2-1-3-10(17)8-15/h4-5,7,10,16H,1-3,6,8,15H2. The molecule has 1 heterocycles. The van der Waals surface area contributed by atoms with Crippen LogP contribution < -0.4 is 10.5 Å². The van der Waals surface area contributed by atoms with Crippen molar-refractivity contribution >= 4 is 47.8 Å². The third-order valence-corrected chi connectivity index (χ3v) is 6.08. The number of anilines is 1. The van der Waals surface area contributed by atoms with Crippen molar-refractivity contribution < 1.29 is 8.42 Å². The first-order valence-corrected chi connectivity index (χ1v) is 9.41. The molecule has 1 unspecified atom stereocenters. The lowest BCUT2D eigenvalue weighted by atomic mass is 10.1. The minimum atomic E-state index is -3.58. The maximum atomic E-state index is 12.5. The molecule has 0 aliphatic carbocycles. The Kier molecular flexibility index (Phi) is 5.47. The maximum Gasteiger partial charge on any atom is 0.301 e. The summed E-state index contributed by atoms with van der Waals surface area (Å²) in [5.41, 5.74) is 6.20. The van der Waals surface area contributed by atoms with Gasteiger partial charge < -0.3 is 5.73 Å². The Morgan fingerprint density at radius 3 is 2.80 bits per heavy atom. The van der Waals surface area contributed by atoms with Gasteiger partial charge >= 0.3 is 10.2 Å². The van der Waals surface area contributed by atoms with E-state index < -0.39 is 10.2 Å². The van der Waals surface area contributed by atoms with Gasteiger partial charge in [-0.1, -0.05) is 22.4 Å². The lowest BCUT2D eigenvalue weighted by molar-refractivity contribution is 0.259. The quantitative estimate of drug-likeness (QED) is 0.776. The molecule has 1 atom stereocenters. The molecule has 5 nitrogen and oxygen atoms in total. The SMILES string of the molecule is NCC1CCCCN1S(=O)(=O)Nc1cc(Br)ccc1Br. The Labute approximate surface area is 136 Å². The van der Waals surface area contributed by atoms with Crippen LogP contribution in [0.15, 0.2) is 27.1 Å². The van der Waals surface area contributed by atoms with Crippen molar-refractivity contribution in [3.8, 4) is 0 Å². The van der Waals surface area contributed by atoms with Gasteiger partial charge in [0.25, 0.3) is 0 Å². The van der Waals surface area contributed by atoms with Gasteiger partial charge in [-0.3, -0.25) is 4.72 Å². The van der Waals surface area contributed by atoms with E-state index in [-0.39, 0.29) is 6.04 Å². The highest BCUT2D eigenvalue weighted by atomic mass is 79.9. The van der Waals surface area contributed by atoms with Gasteiger partial charge in [-0.2, -0.15) is 12.7 Å². The minimum absolute atomic E-state index is 0.118. The van der Waals surface area contributed by atoms with Crippen molar-refractivity contribution in [1.82, 2.24) is 4.31 Å². The third kappa shape index (κ3) is 3.73. The predicted molar refractivity (Wildman–Crippen MR) is 87.8 cm³/mol. The molecule has 1 aliphatic heterocycles. The van der Waals surface area contributed by atoms with Crippen LogP contribution in [0.1, 0.15) is 19.3 Å². The van der Waals surface area contributed by atoms with Crippen LogP contribution in [0.3, 0.4) is 0 Å². The molecule has 112 valence electrons. The monoisotopic (exact) mass is 425 g/mol. The summed E-state index contributed by atoms with van der Waals surface area (Å²) in [6.45, 7) is 0.864. The van der Waals surface area contributed by atoms with Crippen LogP contribution in [-0.4, -0.2) is 31.9 Å². The van der Waals surface area contributed by atoms with Gasteiger partial charge in [0.05, 0.1) is 5.69 Å². The largest absolute Gasteiger partial charge is 0.329 e. The van der Waals surface area contributed by atoms with Crippen LogP contribution in [-0.2, 0) is 10.2 Å². The molecule has 1 aromatic carbocycles. The van der Waals surface area contributed by atoms with E-state index in [1.807, 2.05) is 6.07 Å². The van der Waals surface area contributed by atoms with E-state index in [2.05, 4.69) is 36.6 Å². The lowest BCUT2D eigenvalue weighted by Gasteiger charge is -2.34. The molecule has 1 aromatic rings. The zero-order chi connectivity index (χ0) is 14.8. The second-order valence-electron chi connectivity index (χ2n) is 4.73. The van der Waals surface area contributed by atoms with Crippen molar-refractivity contribution in [2.24, 2.45) is 5.73 Å². The zero-order valence-corrected chi connectivity index (χ0v) is 14.8. The first-order valence-electron chi connectivity index (χ1n) is 6.39. The van der Waals surface area contributed by atoms with E-state index >= 15 is 0 Å². The molecule has 1 fully saturated rings. The van der Waals surface area contributed by atoms with E-state index in [1.54, 1.807) is 12.1 Å². The van der Waals surface area contributed by atoms with Crippen LogP contribution in [0, 0.1) is 0 Å². The third-order valence-electron chi connectivity index (χ3n) is 3.32. The zero-order valence-electron chi connectivity index (χ0n) is 10.9. The van der Waals surface area contributed by atoms with Gasteiger partial charge in [-0.15, -0.1) is 0 Å². The summed E-state index contributed by atoms with van der Waals surface area (Å²) in [6.07, 6.45) is 2.71. The van der Waals surface area contributed by atoms with Crippen LogP contribution >= 0.6 is 31.9 Å². The normalized spacial score (nSPS) is 20.9. The molecular formula is C12H17Br2N3O2S. The van der Waals surface area contributed by atoms with Gasteiger partial charge in [0.15, 0.2) is 0 Å². The summed E-state index contributed by atoms with van der Waals surface area (Å²) in [5.74, 6) is 0. The van der Waals surface area contributed by atoms with Crippen molar-refractivity contribution in [2.45, 2.75) is 25.3 Å². The summed E-state index contributed by atoms with van der Waals surface area (Å²) >= 11 is 6.68. The van der Waals surface area contributed by atoms with Gasteiger partial charge in [-0.05, 0) is 47.0 Å². The number of nitrogens with zero attached hydrogens (tertiary/aromatic N) is 1. The predicted octanol–water partition coefficient (Wildman–Crippen LogP) is 2.68. The van der Waals surface area contributed by atoms with Crippen molar-refractivity contribution in [2.75, 3.05) is 17.8 Å². The average Bonchev–Trinajstić information content (AvgIpc) is 2.42. The first kappa shape index (κ1) is 16.2. The van der Waals surface area contributed by atoms with E-state index in [4.69, 9.17) is 5.73 Å². The van der Waals surface area contributed by atoms with Crippen LogP contribution in [0.25, 0.3) is 0 Å². The second-order valence-corrected chi connectivity index (χ2v) is 8.12. The summed E-state index contributed by atoms with van der Waals surface area (Å²) < 4.78 is 30.6. The molecule has 0 amide bonds. The average molecular weight is 427 g/mol. The van der Waals surface area contributed by atoms with E-state index in [9.17, 15) is 8.42 Å². The summed E-state index contributed by atoms with van der Waals surface area (Å²) in [5, 5.41) is 0. The Balaban J connectivity index is 2.24. The molecule has 0 radical (unpaired) electrons. The Hall–Kier alpha value is -0.150. The fourth-order valence-corrected chi connectivity index (χ4v) is 4.65. The number of hydrogen-bond acceptors (Lipinski definition) is 3. The molecule has 0 spiro atoms. The Bertz CT molecular complexity index is 580. The van der Waals surface area contributed by atoms with E-state index in [0.29, 0.717) is 23.2 Å². The first-order chi connectivity index (χ1) is 9.44. The molecule has 3 N–H and O–H groups in total. The maximum absolute atomic E-state index is 12.5. The highest BCUT2D eigenvalue weighted by Gasteiger charge is 2.31. The smallest absolute Gasteiger partial charge is 0.301 e. The summed E-state index contributed by atoms with van der Waals surface area (Å²) in [6, 6.07) is 5.24. The van der Waals surface area contributed by atoms with Gasteiger partial charge in [0, 0.05) is 28.1 Å². The fourth-order valence-electron chi connectivity index (χ4n) is 2.30. The molecule has 2 rings (SSSR count). The molecule has 8 heteroatoms. The van der Waals surface area contributed by atoms with Gasteiger partial charge in [0.2, 0.25) is 0 Å².